The third-order valence-corrected chi connectivity index (χ3v) is 4.42. The molecule has 0 saturated heterocycles. The number of benzene rings is 2. The number of carbonyl (C=O) groups excluding carboxylic acids is 1. The lowest BCUT2D eigenvalue weighted by molar-refractivity contribution is -0.121. The van der Waals surface area contributed by atoms with Crippen LogP contribution in [-0.2, 0) is 11.2 Å². The zero-order valence-corrected chi connectivity index (χ0v) is 16.4. The van der Waals surface area contributed by atoms with Crippen LogP contribution in [-0.4, -0.2) is 30.3 Å². The summed E-state index contributed by atoms with van der Waals surface area (Å²) in [5, 5.41) is 6.80. The number of nitrogens with one attached hydrogen (secondary N) is 1. The van der Waals surface area contributed by atoms with Crippen LogP contribution in [0.4, 0.5) is 4.39 Å². The van der Waals surface area contributed by atoms with Gasteiger partial charge in [0.05, 0.1) is 20.3 Å². The lowest BCUT2D eigenvalue weighted by Crippen LogP contribution is -2.27. The van der Waals surface area contributed by atoms with E-state index < -0.39 is 0 Å². The molecule has 7 nitrogen and oxygen atoms in total. The number of amides is 1. The van der Waals surface area contributed by atoms with Crippen molar-refractivity contribution in [3.05, 3.63) is 59.7 Å². The third-order valence-electron chi connectivity index (χ3n) is 4.42. The predicted molar refractivity (Wildman–Crippen MR) is 104 cm³/mol. The van der Waals surface area contributed by atoms with E-state index in [0.717, 1.165) is 5.56 Å². The Kier molecular flexibility index (Phi) is 6.43. The molecular weight excluding hydrogens is 377 g/mol. The van der Waals surface area contributed by atoms with Gasteiger partial charge in [-0.15, -0.1) is 0 Å². The van der Waals surface area contributed by atoms with E-state index in [1.165, 1.54) is 12.1 Å². The Hall–Kier alpha value is -3.42. The van der Waals surface area contributed by atoms with Crippen molar-refractivity contribution < 1.29 is 23.2 Å². The zero-order valence-electron chi connectivity index (χ0n) is 16.4. The first-order valence-electron chi connectivity index (χ1n) is 9.10. The second kappa shape index (κ2) is 9.18. The van der Waals surface area contributed by atoms with Gasteiger partial charge in [0.2, 0.25) is 17.6 Å². The van der Waals surface area contributed by atoms with Crippen molar-refractivity contribution in [3.63, 3.8) is 0 Å². The molecule has 1 aromatic heterocycles. The fraction of sp³-hybridized carbons (Fsp3) is 0.286. The molecule has 1 N–H and O–H groups in total. The minimum absolute atomic E-state index is 0.163. The molecule has 0 fully saturated rings. The number of carbonyl (C=O) groups is 1. The van der Waals surface area contributed by atoms with Crippen LogP contribution in [0, 0.1) is 5.82 Å². The van der Waals surface area contributed by atoms with Crippen LogP contribution >= 0.6 is 0 Å². The van der Waals surface area contributed by atoms with E-state index in [4.69, 9.17) is 14.0 Å². The van der Waals surface area contributed by atoms with Crippen molar-refractivity contribution in [1.29, 1.82) is 0 Å². The molecule has 0 aliphatic heterocycles. The first kappa shape index (κ1) is 20.3. The van der Waals surface area contributed by atoms with Crippen molar-refractivity contribution in [2.45, 2.75) is 25.8 Å². The highest BCUT2D eigenvalue weighted by Gasteiger charge is 2.16. The van der Waals surface area contributed by atoms with Gasteiger partial charge in [-0.05, 0) is 49.4 Å². The van der Waals surface area contributed by atoms with Crippen molar-refractivity contribution in [3.8, 4) is 22.9 Å². The number of hydrogen-bond acceptors (Lipinski definition) is 6. The van der Waals surface area contributed by atoms with Crippen LogP contribution in [0.3, 0.4) is 0 Å². The van der Waals surface area contributed by atoms with Gasteiger partial charge < -0.3 is 19.3 Å². The largest absolute Gasteiger partial charge is 0.497 e. The quantitative estimate of drug-likeness (QED) is 0.622. The average molecular weight is 399 g/mol. The number of methoxy groups -OCH3 is 2. The molecule has 0 bridgehead atoms. The summed E-state index contributed by atoms with van der Waals surface area (Å²) < 4.78 is 28.8. The molecule has 0 spiro atoms. The fourth-order valence-electron chi connectivity index (χ4n) is 2.86. The Labute approximate surface area is 167 Å². The molecule has 152 valence electrons. The first-order chi connectivity index (χ1) is 14.0. The molecular formula is C21H22FN3O4. The number of rotatable bonds is 8. The van der Waals surface area contributed by atoms with Gasteiger partial charge in [-0.3, -0.25) is 4.79 Å². The molecule has 8 heteroatoms. The molecule has 29 heavy (non-hydrogen) atoms. The van der Waals surface area contributed by atoms with Crippen molar-refractivity contribution in [2.24, 2.45) is 0 Å². The number of hydrogen-bond donors (Lipinski definition) is 1. The van der Waals surface area contributed by atoms with Crippen molar-refractivity contribution in [2.75, 3.05) is 14.2 Å². The van der Waals surface area contributed by atoms with Gasteiger partial charge in [0.15, 0.2) is 0 Å². The Morgan fingerprint density at radius 3 is 2.62 bits per heavy atom. The van der Waals surface area contributed by atoms with Crippen molar-refractivity contribution in [1.82, 2.24) is 15.5 Å². The topological polar surface area (TPSA) is 86.5 Å². The maximum atomic E-state index is 13.0. The molecule has 1 amide bonds. The van der Waals surface area contributed by atoms with Gasteiger partial charge >= 0.3 is 0 Å². The number of aromatic nitrogens is 2. The lowest BCUT2D eigenvalue weighted by atomic mass is 10.1. The van der Waals surface area contributed by atoms with E-state index in [2.05, 4.69) is 15.5 Å². The van der Waals surface area contributed by atoms with Gasteiger partial charge in [-0.25, -0.2) is 4.39 Å². The summed E-state index contributed by atoms with van der Waals surface area (Å²) >= 11 is 0. The molecule has 0 saturated carbocycles. The smallest absolute Gasteiger partial charge is 0.227 e. The first-order valence-corrected chi connectivity index (χ1v) is 9.10. The summed E-state index contributed by atoms with van der Waals surface area (Å²) in [6, 6.07) is 10.9. The van der Waals surface area contributed by atoms with Crippen LogP contribution in [0.5, 0.6) is 11.5 Å². The molecule has 3 aromatic rings. The van der Waals surface area contributed by atoms with Crippen LogP contribution in [0.1, 0.15) is 30.8 Å². The molecule has 0 aliphatic rings. The van der Waals surface area contributed by atoms with Gasteiger partial charge in [-0.1, -0.05) is 5.16 Å². The number of aryl methyl sites for hydroxylation is 1. The number of nitrogens with zero attached hydrogens (tertiary/aromatic N) is 2. The Morgan fingerprint density at radius 2 is 1.93 bits per heavy atom. The minimum Gasteiger partial charge on any atom is -0.497 e. The molecule has 2 aromatic carbocycles. The standard InChI is InChI=1S/C21H22FN3O4/c1-13(17-12-16(27-2)8-9-18(17)28-3)23-19(26)10-11-20-24-21(25-29-20)14-4-6-15(22)7-5-14/h4-9,12-13H,10-11H2,1-3H3,(H,23,26). The maximum Gasteiger partial charge on any atom is 0.227 e. The summed E-state index contributed by atoms with van der Waals surface area (Å²) in [5.74, 6) is 1.54. The number of halogens is 1. The lowest BCUT2D eigenvalue weighted by Gasteiger charge is -2.18. The third kappa shape index (κ3) is 5.10. The van der Waals surface area contributed by atoms with Gasteiger partial charge in [-0.2, -0.15) is 4.98 Å². The molecule has 0 radical (unpaired) electrons. The second-order valence-corrected chi connectivity index (χ2v) is 6.42. The highest BCUT2D eigenvalue weighted by Crippen LogP contribution is 2.29. The second-order valence-electron chi connectivity index (χ2n) is 6.42. The maximum absolute atomic E-state index is 13.0. The highest BCUT2D eigenvalue weighted by atomic mass is 19.1. The normalized spacial score (nSPS) is 11.7. The Balaban J connectivity index is 1.58. The van der Waals surface area contributed by atoms with Gasteiger partial charge in [0.25, 0.3) is 0 Å². The summed E-state index contributed by atoms with van der Waals surface area (Å²) in [6.07, 6.45) is 0.476. The summed E-state index contributed by atoms with van der Waals surface area (Å²) in [6.45, 7) is 1.87. The van der Waals surface area contributed by atoms with Crippen LogP contribution < -0.4 is 14.8 Å². The molecule has 1 unspecified atom stereocenters. The Morgan fingerprint density at radius 1 is 1.17 bits per heavy atom. The van der Waals surface area contributed by atoms with Crippen LogP contribution in [0.25, 0.3) is 11.4 Å². The Bertz CT molecular complexity index is 972. The SMILES string of the molecule is COc1ccc(OC)c(C(C)NC(=O)CCc2nc(-c3ccc(F)cc3)no2)c1. The van der Waals surface area contributed by atoms with E-state index in [1.807, 2.05) is 13.0 Å². The summed E-state index contributed by atoms with van der Waals surface area (Å²) in [7, 11) is 3.16. The number of ether oxygens (including phenoxy) is 2. The van der Waals surface area contributed by atoms with Crippen LogP contribution in [0.2, 0.25) is 0 Å². The molecule has 1 heterocycles. The monoisotopic (exact) mass is 399 g/mol. The molecule has 1 atom stereocenters. The van der Waals surface area contributed by atoms with E-state index in [0.29, 0.717) is 35.2 Å². The van der Waals surface area contributed by atoms with E-state index in [-0.39, 0.29) is 24.2 Å². The molecule has 3 rings (SSSR count). The molecule has 0 aliphatic carbocycles. The van der Waals surface area contributed by atoms with E-state index >= 15 is 0 Å². The average Bonchev–Trinajstić information content (AvgIpc) is 3.21. The summed E-state index contributed by atoms with van der Waals surface area (Å²) in [4.78, 5) is 16.6. The minimum atomic E-state index is -0.337. The van der Waals surface area contributed by atoms with Gasteiger partial charge in [0, 0.05) is 24.0 Å². The summed E-state index contributed by atoms with van der Waals surface area (Å²) in [5.41, 5.74) is 1.46. The predicted octanol–water partition coefficient (Wildman–Crippen LogP) is 3.70. The zero-order chi connectivity index (χ0) is 20.8. The van der Waals surface area contributed by atoms with Gasteiger partial charge in [0.1, 0.15) is 17.3 Å². The highest BCUT2D eigenvalue weighted by molar-refractivity contribution is 5.76. The fourth-order valence-corrected chi connectivity index (χ4v) is 2.86. The van der Waals surface area contributed by atoms with Crippen LogP contribution in [0.15, 0.2) is 47.0 Å². The van der Waals surface area contributed by atoms with E-state index in [1.54, 1.807) is 38.5 Å². The van der Waals surface area contributed by atoms with Crippen molar-refractivity contribution >= 4 is 5.91 Å². The van der Waals surface area contributed by atoms with E-state index in [9.17, 15) is 9.18 Å².